The first kappa shape index (κ1) is 23.1. The van der Waals surface area contributed by atoms with E-state index in [2.05, 4.69) is 25.3 Å². The normalized spacial score (nSPS) is 11.3. The lowest BCUT2D eigenvalue weighted by molar-refractivity contribution is -0.0506. The Morgan fingerprint density at radius 3 is 2.63 bits per heavy atom. The topological polar surface area (TPSA) is 71.7 Å². The number of halogens is 4. The van der Waals surface area contributed by atoms with E-state index in [1.54, 1.807) is 0 Å². The van der Waals surface area contributed by atoms with Crippen molar-refractivity contribution in [3.63, 3.8) is 0 Å². The zero-order valence-corrected chi connectivity index (χ0v) is 17.5. The van der Waals surface area contributed by atoms with E-state index in [1.807, 2.05) is 20.8 Å². The van der Waals surface area contributed by atoms with Crippen LogP contribution in [0.2, 0.25) is 0 Å². The summed E-state index contributed by atoms with van der Waals surface area (Å²) in [7, 11) is 0. The number of rotatable bonds is 7. The summed E-state index contributed by atoms with van der Waals surface area (Å²) in [5.74, 6) is 0.676. The van der Waals surface area contributed by atoms with Gasteiger partial charge in [0.1, 0.15) is 17.3 Å². The fourth-order valence-electron chi connectivity index (χ4n) is 2.17. The van der Waals surface area contributed by atoms with Crippen LogP contribution in [0.3, 0.4) is 0 Å². The number of nitrogens with one attached hydrogen (secondary N) is 2. The predicted octanol–water partition coefficient (Wildman–Crippen LogP) is 3.91. The molecule has 0 saturated carbocycles. The molecule has 2 rings (SSSR count). The van der Waals surface area contributed by atoms with Crippen LogP contribution in [0, 0.1) is 19.7 Å². The number of aryl methyl sites for hydroxylation is 2. The second-order valence-electron chi connectivity index (χ2n) is 5.39. The quantitative estimate of drug-likeness (QED) is 0.344. The molecule has 0 atom stereocenters. The third kappa shape index (κ3) is 6.92. The van der Waals surface area contributed by atoms with Gasteiger partial charge in [-0.25, -0.2) is 14.4 Å². The summed E-state index contributed by atoms with van der Waals surface area (Å²) in [5, 5.41) is 5.98. The van der Waals surface area contributed by atoms with Crippen LogP contribution < -0.4 is 15.4 Å². The standard InChI is InChI=1S/C17H21F3N4O2.HI/c1-4-21-17(23-9-15-24-10(2)11(3)25-15)22-8-12-13(18)6-5-7-14(12)26-16(19)20;/h5-7,16H,4,8-9H2,1-3H3,(H2,21,22,23);1H. The van der Waals surface area contributed by atoms with E-state index in [1.165, 1.54) is 18.2 Å². The van der Waals surface area contributed by atoms with Crippen LogP contribution in [0.15, 0.2) is 27.6 Å². The van der Waals surface area contributed by atoms with Gasteiger partial charge in [-0.3, -0.25) is 0 Å². The van der Waals surface area contributed by atoms with Gasteiger partial charge in [-0.2, -0.15) is 8.78 Å². The Bertz CT molecular complexity index is 749. The van der Waals surface area contributed by atoms with Crippen molar-refractivity contribution in [1.29, 1.82) is 0 Å². The number of benzene rings is 1. The summed E-state index contributed by atoms with van der Waals surface area (Å²) in [6.45, 7) is 3.14. The molecule has 27 heavy (non-hydrogen) atoms. The SMILES string of the molecule is CCNC(=NCc1c(F)cccc1OC(F)F)NCc1nc(C)c(C)o1.I. The molecule has 0 amide bonds. The van der Waals surface area contributed by atoms with Gasteiger partial charge in [-0.15, -0.1) is 24.0 Å². The molecule has 150 valence electrons. The molecule has 1 heterocycles. The number of ether oxygens (including phenoxy) is 1. The minimum atomic E-state index is -3.04. The van der Waals surface area contributed by atoms with E-state index in [4.69, 9.17) is 4.42 Å². The number of hydrogen-bond acceptors (Lipinski definition) is 4. The van der Waals surface area contributed by atoms with Crippen LogP contribution in [0.1, 0.15) is 29.8 Å². The van der Waals surface area contributed by atoms with Crippen LogP contribution in [-0.4, -0.2) is 24.1 Å². The van der Waals surface area contributed by atoms with Crippen molar-refractivity contribution in [2.75, 3.05) is 6.54 Å². The molecule has 0 aliphatic rings. The smallest absolute Gasteiger partial charge is 0.387 e. The molecule has 0 unspecified atom stereocenters. The first-order valence-corrected chi connectivity index (χ1v) is 8.08. The number of guanidine groups is 1. The highest BCUT2D eigenvalue weighted by Crippen LogP contribution is 2.24. The van der Waals surface area contributed by atoms with Crippen LogP contribution in [0.5, 0.6) is 5.75 Å². The van der Waals surface area contributed by atoms with Crippen molar-refractivity contribution >= 4 is 29.9 Å². The number of aromatic nitrogens is 1. The molecule has 1 aromatic carbocycles. The van der Waals surface area contributed by atoms with Crippen molar-refractivity contribution in [2.45, 2.75) is 40.5 Å². The highest BCUT2D eigenvalue weighted by molar-refractivity contribution is 14.0. The zero-order chi connectivity index (χ0) is 19.1. The molecule has 0 aliphatic carbocycles. The van der Waals surface area contributed by atoms with Crippen molar-refractivity contribution in [2.24, 2.45) is 4.99 Å². The van der Waals surface area contributed by atoms with E-state index in [0.717, 1.165) is 11.5 Å². The Hall–Kier alpha value is -1.98. The predicted molar refractivity (Wildman–Crippen MR) is 106 cm³/mol. The minimum Gasteiger partial charge on any atom is -0.444 e. The first-order valence-electron chi connectivity index (χ1n) is 8.08. The maximum atomic E-state index is 14.0. The van der Waals surface area contributed by atoms with Crippen LogP contribution in [0.25, 0.3) is 0 Å². The van der Waals surface area contributed by atoms with Crippen molar-refractivity contribution in [3.8, 4) is 5.75 Å². The van der Waals surface area contributed by atoms with Gasteiger partial charge in [0.2, 0.25) is 5.89 Å². The van der Waals surface area contributed by atoms with Gasteiger partial charge in [-0.05, 0) is 32.9 Å². The molecule has 0 spiro atoms. The monoisotopic (exact) mass is 498 g/mol. The van der Waals surface area contributed by atoms with E-state index >= 15 is 0 Å². The molecular formula is C17H22F3IN4O2. The van der Waals surface area contributed by atoms with Crippen molar-refractivity contribution in [1.82, 2.24) is 15.6 Å². The maximum Gasteiger partial charge on any atom is 0.387 e. The van der Waals surface area contributed by atoms with Crippen LogP contribution >= 0.6 is 24.0 Å². The highest BCUT2D eigenvalue weighted by Gasteiger charge is 2.14. The second kappa shape index (κ2) is 11.0. The summed E-state index contributed by atoms with van der Waals surface area (Å²) in [5.41, 5.74) is 0.747. The van der Waals surface area contributed by atoms with Gasteiger partial charge in [0, 0.05) is 6.54 Å². The van der Waals surface area contributed by atoms with E-state index < -0.39 is 12.4 Å². The van der Waals surface area contributed by atoms with Gasteiger partial charge in [-0.1, -0.05) is 6.07 Å². The molecule has 0 aliphatic heterocycles. The summed E-state index contributed by atoms with van der Waals surface area (Å²) >= 11 is 0. The Kier molecular flexibility index (Phi) is 9.39. The average molecular weight is 498 g/mol. The molecule has 6 nitrogen and oxygen atoms in total. The van der Waals surface area contributed by atoms with Crippen LogP contribution in [-0.2, 0) is 13.1 Å². The number of oxazole rings is 1. The van der Waals surface area contributed by atoms with Gasteiger partial charge in [0.05, 0.1) is 24.3 Å². The fourth-order valence-corrected chi connectivity index (χ4v) is 2.17. The third-order valence-corrected chi connectivity index (χ3v) is 3.51. The zero-order valence-electron chi connectivity index (χ0n) is 15.2. The molecular weight excluding hydrogens is 476 g/mol. The van der Waals surface area contributed by atoms with E-state index in [-0.39, 0.29) is 48.4 Å². The highest BCUT2D eigenvalue weighted by atomic mass is 127. The maximum absolute atomic E-state index is 14.0. The number of aliphatic imine (C=N–C) groups is 1. The number of hydrogen-bond donors (Lipinski definition) is 2. The summed E-state index contributed by atoms with van der Waals surface area (Å²) < 4.78 is 48.7. The Morgan fingerprint density at radius 1 is 1.30 bits per heavy atom. The molecule has 0 bridgehead atoms. The van der Waals surface area contributed by atoms with Crippen molar-refractivity contribution < 1.29 is 22.3 Å². The number of alkyl halides is 2. The molecule has 0 radical (unpaired) electrons. The van der Waals surface area contributed by atoms with Gasteiger partial charge in [0.25, 0.3) is 0 Å². The Morgan fingerprint density at radius 2 is 2.04 bits per heavy atom. The molecule has 10 heteroatoms. The summed E-state index contributed by atoms with van der Waals surface area (Å²) in [6.07, 6.45) is 0. The molecule has 1 aromatic heterocycles. The Balaban J connectivity index is 0.00000364. The minimum absolute atomic E-state index is 0. The third-order valence-electron chi connectivity index (χ3n) is 3.51. The fraction of sp³-hybridized carbons (Fsp3) is 0.412. The first-order chi connectivity index (χ1) is 12.4. The van der Waals surface area contributed by atoms with E-state index in [0.29, 0.717) is 18.4 Å². The van der Waals surface area contributed by atoms with E-state index in [9.17, 15) is 13.2 Å². The molecule has 0 fully saturated rings. The van der Waals surface area contributed by atoms with Crippen molar-refractivity contribution in [3.05, 3.63) is 46.9 Å². The molecule has 2 aromatic rings. The summed E-state index contributed by atoms with van der Waals surface area (Å²) in [6, 6.07) is 3.75. The second-order valence-corrected chi connectivity index (χ2v) is 5.39. The lowest BCUT2D eigenvalue weighted by Gasteiger charge is -2.12. The molecule has 0 saturated heterocycles. The Labute approximate surface area is 172 Å². The lowest BCUT2D eigenvalue weighted by Crippen LogP contribution is -2.36. The average Bonchev–Trinajstić information content (AvgIpc) is 2.89. The number of nitrogens with zero attached hydrogens (tertiary/aromatic N) is 2. The lowest BCUT2D eigenvalue weighted by atomic mass is 10.2. The molecule has 2 N–H and O–H groups in total. The van der Waals surface area contributed by atoms with Gasteiger partial charge >= 0.3 is 6.61 Å². The van der Waals surface area contributed by atoms with Gasteiger partial charge in [0.15, 0.2) is 5.96 Å². The summed E-state index contributed by atoms with van der Waals surface area (Å²) in [4.78, 5) is 8.46. The van der Waals surface area contributed by atoms with Gasteiger partial charge < -0.3 is 19.8 Å². The van der Waals surface area contributed by atoms with Crippen LogP contribution in [0.4, 0.5) is 13.2 Å². The largest absolute Gasteiger partial charge is 0.444 e.